The van der Waals surface area contributed by atoms with Crippen molar-refractivity contribution in [2.75, 3.05) is 0 Å². The summed E-state index contributed by atoms with van der Waals surface area (Å²) >= 11 is 7.33. The Balaban J connectivity index is 2.15. The van der Waals surface area contributed by atoms with Gasteiger partial charge in [0.25, 0.3) is 0 Å². The van der Waals surface area contributed by atoms with Gasteiger partial charge in [0.1, 0.15) is 11.4 Å². The summed E-state index contributed by atoms with van der Waals surface area (Å²) in [5.41, 5.74) is 2.51. The lowest BCUT2D eigenvalue weighted by atomic mass is 9.88. The van der Waals surface area contributed by atoms with Crippen LogP contribution in [-0.4, -0.2) is 10.4 Å². The normalized spacial score (nSPS) is 25.4. The zero-order chi connectivity index (χ0) is 14.0. The van der Waals surface area contributed by atoms with Crippen LogP contribution < -0.4 is 4.74 Å². The van der Waals surface area contributed by atoms with Gasteiger partial charge in [0, 0.05) is 4.47 Å². The van der Waals surface area contributed by atoms with E-state index in [9.17, 15) is 0 Å². The first-order valence-corrected chi connectivity index (χ1v) is 8.36. The third-order valence-electron chi connectivity index (χ3n) is 3.62. The second kappa shape index (κ2) is 6.01. The van der Waals surface area contributed by atoms with Crippen LogP contribution in [-0.2, 0) is 6.42 Å². The summed E-state index contributed by atoms with van der Waals surface area (Å²) in [5, 5.41) is 0. The molecule has 1 nitrogen and oxygen atoms in total. The topological polar surface area (TPSA) is 9.23 Å². The Labute approximate surface area is 132 Å². The summed E-state index contributed by atoms with van der Waals surface area (Å²) < 4.78 is 7.39. The maximum Gasteiger partial charge on any atom is 0.123 e. The molecular formula is C16H20Br2O. The van der Waals surface area contributed by atoms with E-state index in [0.29, 0.717) is 4.83 Å². The molecule has 2 rings (SSSR count). The van der Waals surface area contributed by atoms with Crippen molar-refractivity contribution in [1.29, 1.82) is 0 Å². The van der Waals surface area contributed by atoms with Gasteiger partial charge >= 0.3 is 0 Å². The number of alkyl halides is 1. The van der Waals surface area contributed by atoms with E-state index in [0.717, 1.165) is 29.5 Å². The maximum absolute atomic E-state index is 6.27. The Hall–Kier alpha value is -0.280. The van der Waals surface area contributed by atoms with Gasteiger partial charge in [0.2, 0.25) is 0 Å². The van der Waals surface area contributed by atoms with E-state index in [4.69, 9.17) is 4.74 Å². The lowest BCUT2D eigenvalue weighted by molar-refractivity contribution is 0.0657. The molecule has 2 unspecified atom stereocenters. The molecule has 0 fully saturated rings. The molecule has 1 aromatic carbocycles. The smallest absolute Gasteiger partial charge is 0.123 e. The van der Waals surface area contributed by atoms with Gasteiger partial charge in [-0.1, -0.05) is 43.5 Å². The van der Waals surface area contributed by atoms with Gasteiger partial charge in [-0.3, -0.25) is 0 Å². The van der Waals surface area contributed by atoms with Crippen molar-refractivity contribution in [3.8, 4) is 5.75 Å². The molecule has 3 heteroatoms. The molecule has 104 valence electrons. The molecule has 2 atom stereocenters. The van der Waals surface area contributed by atoms with Gasteiger partial charge in [-0.05, 0) is 63.8 Å². The zero-order valence-electron chi connectivity index (χ0n) is 11.7. The molecular weight excluding hydrogens is 368 g/mol. The van der Waals surface area contributed by atoms with Crippen LogP contribution in [0.2, 0.25) is 0 Å². The van der Waals surface area contributed by atoms with E-state index in [1.165, 1.54) is 11.1 Å². The Morgan fingerprint density at radius 3 is 2.89 bits per heavy atom. The largest absolute Gasteiger partial charge is 0.486 e. The predicted octanol–water partition coefficient (Wildman–Crippen LogP) is 5.65. The van der Waals surface area contributed by atoms with Crippen molar-refractivity contribution in [2.45, 2.75) is 50.5 Å². The molecule has 0 aromatic heterocycles. The number of hydrogen-bond acceptors (Lipinski definition) is 1. The fourth-order valence-electron chi connectivity index (χ4n) is 2.39. The predicted molar refractivity (Wildman–Crippen MR) is 88.3 cm³/mol. The minimum absolute atomic E-state index is 0.132. The maximum atomic E-state index is 6.27. The molecule has 0 spiro atoms. The van der Waals surface area contributed by atoms with Crippen molar-refractivity contribution < 1.29 is 4.74 Å². The number of ether oxygens (including phenoxy) is 1. The number of hydrogen-bond donors (Lipinski definition) is 0. The number of fused-ring (bicyclic) bond motifs is 1. The van der Waals surface area contributed by atoms with E-state index in [1.807, 2.05) is 6.07 Å². The molecule has 1 aliphatic rings. The van der Waals surface area contributed by atoms with E-state index < -0.39 is 0 Å². The highest BCUT2D eigenvalue weighted by Gasteiger charge is 2.38. The Morgan fingerprint density at radius 1 is 1.47 bits per heavy atom. The van der Waals surface area contributed by atoms with Crippen molar-refractivity contribution in [2.24, 2.45) is 0 Å². The Kier molecular flexibility index (Phi) is 4.78. The minimum Gasteiger partial charge on any atom is -0.486 e. The van der Waals surface area contributed by atoms with Gasteiger partial charge in [0.05, 0.1) is 4.83 Å². The molecule has 0 saturated heterocycles. The SMILES string of the molecule is CC(C)=CCCC1(C)Oc2ccc(Br)cc2CC1Br. The highest BCUT2D eigenvalue weighted by molar-refractivity contribution is 9.10. The monoisotopic (exact) mass is 386 g/mol. The van der Waals surface area contributed by atoms with Gasteiger partial charge in [0.15, 0.2) is 0 Å². The van der Waals surface area contributed by atoms with Crippen molar-refractivity contribution in [3.05, 3.63) is 39.9 Å². The number of allylic oxidation sites excluding steroid dienone is 2. The van der Waals surface area contributed by atoms with Crippen molar-refractivity contribution in [1.82, 2.24) is 0 Å². The Morgan fingerprint density at radius 2 is 2.21 bits per heavy atom. The lowest BCUT2D eigenvalue weighted by Crippen LogP contribution is -2.45. The molecule has 0 saturated carbocycles. The third kappa shape index (κ3) is 3.63. The number of rotatable bonds is 3. The standard InChI is InChI=1S/C16H20Br2O/c1-11(2)5-4-8-16(3)15(18)10-12-9-13(17)6-7-14(12)19-16/h5-7,9,15H,4,8,10H2,1-3H3. The van der Waals surface area contributed by atoms with Gasteiger partial charge in [-0.15, -0.1) is 0 Å². The number of halogens is 2. The van der Waals surface area contributed by atoms with Gasteiger partial charge < -0.3 is 4.74 Å². The fraction of sp³-hybridized carbons (Fsp3) is 0.500. The molecule has 0 bridgehead atoms. The second-order valence-electron chi connectivity index (χ2n) is 5.66. The van der Waals surface area contributed by atoms with E-state index >= 15 is 0 Å². The van der Waals surface area contributed by atoms with Crippen LogP contribution in [0.3, 0.4) is 0 Å². The molecule has 0 N–H and O–H groups in total. The second-order valence-corrected chi connectivity index (χ2v) is 7.68. The first-order chi connectivity index (χ1) is 8.90. The average molecular weight is 388 g/mol. The molecule has 0 radical (unpaired) electrons. The molecule has 19 heavy (non-hydrogen) atoms. The van der Waals surface area contributed by atoms with Gasteiger partial charge in [-0.25, -0.2) is 0 Å². The van der Waals surface area contributed by atoms with Crippen molar-refractivity contribution >= 4 is 31.9 Å². The fourth-order valence-corrected chi connectivity index (χ4v) is 3.47. The van der Waals surface area contributed by atoms with Crippen LogP contribution in [0.15, 0.2) is 34.3 Å². The first kappa shape index (κ1) is 15.1. The summed E-state index contributed by atoms with van der Waals surface area (Å²) in [6.07, 6.45) is 5.39. The quantitative estimate of drug-likeness (QED) is 0.480. The average Bonchev–Trinajstić information content (AvgIpc) is 2.31. The third-order valence-corrected chi connectivity index (χ3v) is 5.41. The number of benzene rings is 1. The Bertz CT molecular complexity index is 492. The zero-order valence-corrected chi connectivity index (χ0v) is 14.8. The minimum atomic E-state index is -0.132. The van der Waals surface area contributed by atoms with E-state index in [-0.39, 0.29) is 5.60 Å². The van der Waals surface area contributed by atoms with E-state index in [2.05, 4.69) is 70.8 Å². The lowest BCUT2D eigenvalue weighted by Gasteiger charge is -2.40. The van der Waals surface area contributed by atoms with Crippen LogP contribution in [0.1, 0.15) is 39.2 Å². The molecule has 1 aliphatic heterocycles. The summed E-state index contributed by atoms with van der Waals surface area (Å²) in [6.45, 7) is 6.49. The van der Waals surface area contributed by atoms with E-state index in [1.54, 1.807) is 0 Å². The summed E-state index contributed by atoms with van der Waals surface area (Å²) in [6, 6.07) is 6.26. The van der Waals surface area contributed by atoms with Crippen LogP contribution in [0.5, 0.6) is 5.75 Å². The van der Waals surface area contributed by atoms with Gasteiger partial charge in [-0.2, -0.15) is 0 Å². The first-order valence-electron chi connectivity index (χ1n) is 6.65. The molecule has 0 aliphatic carbocycles. The van der Waals surface area contributed by atoms with Crippen LogP contribution >= 0.6 is 31.9 Å². The van der Waals surface area contributed by atoms with Crippen LogP contribution in [0.25, 0.3) is 0 Å². The van der Waals surface area contributed by atoms with Crippen molar-refractivity contribution in [3.63, 3.8) is 0 Å². The summed E-state index contributed by atoms with van der Waals surface area (Å²) in [5.74, 6) is 1.03. The summed E-state index contributed by atoms with van der Waals surface area (Å²) in [4.78, 5) is 0.354. The van der Waals surface area contributed by atoms with Crippen LogP contribution in [0.4, 0.5) is 0 Å². The molecule has 1 heterocycles. The molecule has 0 amide bonds. The highest BCUT2D eigenvalue weighted by Crippen LogP contribution is 2.40. The molecule has 1 aromatic rings. The summed E-state index contributed by atoms with van der Waals surface area (Å²) in [7, 11) is 0. The highest BCUT2D eigenvalue weighted by atomic mass is 79.9. The van der Waals surface area contributed by atoms with Crippen LogP contribution in [0, 0.1) is 0 Å².